The van der Waals surface area contributed by atoms with Crippen LogP contribution in [0.25, 0.3) is 44.6 Å². The minimum Gasteiger partial charge on any atom is -0.490 e. The number of methoxy groups -OCH3 is 3. The molecule has 6 saturated carbocycles. The smallest absolute Gasteiger partial charge is 0.408 e. The van der Waals surface area contributed by atoms with E-state index in [4.69, 9.17) is 85.8 Å². The summed E-state index contributed by atoms with van der Waals surface area (Å²) in [5.41, 5.74) is -1.18. The zero-order valence-electron chi connectivity index (χ0n) is 70.2. The summed E-state index contributed by atoms with van der Waals surface area (Å²) in [7, 11) is 4.46. The number of hydrogen-bond donors (Lipinski definition) is 7. The zero-order chi connectivity index (χ0) is 85.5. The number of pyridine rings is 2. The summed E-state index contributed by atoms with van der Waals surface area (Å²) in [6.45, 7) is 24.2. The van der Waals surface area contributed by atoms with E-state index in [1.165, 1.54) is 52.4 Å². The highest BCUT2D eigenvalue weighted by atomic mass is 35.5. The van der Waals surface area contributed by atoms with Crippen molar-refractivity contribution in [1.82, 2.24) is 51.0 Å². The van der Waals surface area contributed by atoms with Crippen LogP contribution in [0.3, 0.4) is 0 Å². The molecule has 6 aromatic rings. The molecule has 0 spiro atoms. The molecule has 8 aliphatic rings. The quantitative estimate of drug-likeness (QED) is 0.0117. The van der Waals surface area contributed by atoms with Crippen molar-refractivity contribution in [2.75, 3.05) is 71.5 Å². The number of likely N-dealkylation sites (tertiary alicyclic amines) is 2. The van der Waals surface area contributed by atoms with Crippen LogP contribution in [-0.2, 0) is 52.5 Å². The second-order valence-corrected chi connectivity index (χ2v) is 38.1. The molecule has 2 aliphatic heterocycles. The molecule has 8 fully saturated rings. The fourth-order valence-corrected chi connectivity index (χ4v) is 19.4. The molecule has 4 aromatic heterocycles. The molecule has 6 amide bonds. The number of halogens is 2. The summed E-state index contributed by atoms with van der Waals surface area (Å²) in [5.74, 6) is -0.0309. The molecule has 7 N–H and O–H groups in total. The number of carbonyl (C=O) groups is 8. The second kappa shape index (κ2) is 36.1. The number of anilines is 2. The Kier molecular flexibility index (Phi) is 26.7. The molecule has 2 saturated heterocycles. The number of alkyl carbamates (subject to hydrolysis) is 2. The average molecular weight is 1720 g/mol. The number of nitrogens with one attached hydrogen (secondary N) is 6. The van der Waals surface area contributed by atoms with Crippen LogP contribution in [-0.4, -0.2) is 215 Å². The van der Waals surface area contributed by atoms with Crippen LogP contribution in [0.15, 0.2) is 47.2 Å². The van der Waals surface area contributed by atoms with Gasteiger partial charge in [-0.05, 0) is 150 Å². The normalized spacial score (nSPS) is 26.1. The van der Waals surface area contributed by atoms with Crippen molar-refractivity contribution in [2.24, 2.45) is 46.3 Å². The Balaban J connectivity index is 0.000000206. The topological polar surface area (TPSA) is 370 Å². The Morgan fingerprint density at radius 1 is 0.529 bits per heavy atom. The number of fused-ring (bicyclic) bond motifs is 4. The first-order chi connectivity index (χ1) is 56.5. The van der Waals surface area contributed by atoms with Gasteiger partial charge in [0.2, 0.25) is 23.6 Å². The lowest BCUT2D eigenvalue weighted by Crippen LogP contribution is -2.59. The maximum atomic E-state index is 14.8. The van der Waals surface area contributed by atoms with Gasteiger partial charge in [-0.15, -0.1) is 22.7 Å². The summed E-state index contributed by atoms with van der Waals surface area (Å²) in [5, 5.41) is 35.2. The third-order valence-electron chi connectivity index (χ3n) is 23.9. The molecular weight excluding hydrogens is 1610 g/mol. The van der Waals surface area contributed by atoms with Crippen molar-refractivity contribution in [3.63, 3.8) is 0 Å². The highest BCUT2D eigenvalue weighted by molar-refractivity contribution is 7.14. The van der Waals surface area contributed by atoms with Crippen LogP contribution >= 0.6 is 45.9 Å². The van der Waals surface area contributed by atoms with Crippen LogP contribution < -0.4 is 50.8 Å². The van der Waals surface area contributed by atoms with E-state index >= 15 is 0 Å². The SMILES string of the molecule is CC[C@@H]1CC1(NC(=O)[C@@H]1C[C@@H](Oc2cc(-c3csc(NC(C)C)n3)nc3c(Cl)c(OCCOC)ccc23)CN1C(=O)[C@@H](NC(=O)OC1C[C@@H]2C[C@@H]2C1)C(C)(C)C)C(=O)O.CC[C@@H]1CC1(NC(=O)[C@@H]1C[C@@H](Oc2cc(-c3csc(NC(C)C)n3)nc3c(Cl)c(OCCOC)ccc23)CN1C(=O)[C@@H](NC(=O)OC1C[C@@H]2C[C@@H]2C1)C(C)(C)C)C(=O)OC. The van der Waals surface area contributed by atoms with Crippen LogP contribution in [0, 0.1) is 46.3 Å². The van der Waals surface area contributed by atoms with Gasteiger partial charge in [0.05, 0.1) is 55.8 Å². The summed E-state index contributed by atoms with van der Waals surface area (Å²) in [4.78, 5) is 133. The van der Waals surface area contributed by atoms with E-state index in [-0.39, 0.29) is 85.3 Å². The number of benzene rings is 2. The molecular formula is C85H112Cl2N12O18S2. The molecule has 14 rings (SSSR count). The zero-order valence-corrected chi connectivity index (χ0v) is 73.4. The molecule has 4 unspecified atom stereocenters. The Labute approximate surface area is 711 Å². The van der Waals surface area contributed by atoms with Crippen LogP contribution in [0.5, 0.6) is 23.0 Å². The largest absolute Gasteiger partial charge is 0.490 e. The van der Waals surface area contributed by atoms with Crippen LogP contribution in [0.2, 0.25) is 10.0 Å². The van der Waals surface area contributed by atoms with Crippen molar-refractivity contribution in [2.45, 2.75) is 232 Å². The number of carbonyl (C=O) groups excluding carboxylic acids is 7. The Bertz CT molecular complexity index is 4770. The Morgan fingerprint density at radius 3 is 1.28 bits per heavy atom. The number of aliphatic carboxylic acids is 1. The number of aromatic nitrogens is 4. The van der Waals surface area contributed by atoms with Gasteiger partial charge in [-0.25, -0.2) is 39.1 Å². The minimum absolute atomic E-state index is 0.00110. The van der Waals surface area contributed by atoms with Gasteiger partial charge in [0.25, 0.3) is 0 Å². The van der Waals surface area contributed by atoms with Gasteiger partial charge in [-0.3, -0.25) is 19.2 Å². The summed E-state index contributed by atoms with van der Waals surface area (Å²) in [6.07, 6.45) is 4.55. The molecule has 6 heterocycles. The van der Waals surface area contributed by atoms with Gasteiger partial charge in [0.1, 0.15) is 117 Å². The number of nitrogens with zero attached hydrogens (tertiary/aromatic N) is 6. The lowest BCUT2D eigenvalue weighted by atomic mass is 9.85. The number of rotatable bonds is 32. The third-order valence-corrected chi connectivity index (χ3v) is 26.2. The van der Waals surface area contributed by atoms with Crippen molar-refractivity contribution in [3.8, 4) is 45.8 Å². The first kappa shape index (κ1) is 88.0. The van der Waals surface area contributed by atoms with Gasteiger partial charge in [-0.2, -0.15) is 0 Å². The number of hydrogen-bond acceptors (Lipinski definition) is 25. The number of carboxylic acid groups (broad SMARTS) is 1. The molecule has 119 heavy (non-hydrogen) atoms. The molecule has 34 heteroatoms. The van der Waals surface area contributed by atoms with Gasteiger partial charge in [0.15, 0.2) is 10.3 Å². The summed E-state index contributed by atoms with van der Waals surface area (Å²) >= 11 is 16.8. The Hall–Kier alpha value is -8.82. The first-order valence-electron chi connectivity index (χ1n) is 41.3. The van der Waals surface area contributed by atoms with E-state index in [0.29, 0.717) is 135 Å². The van der Waals surface area contributed by atoms with E-state index in [2.05, 4.69) is 31.9 Å². The number of thiazole rings is 2. The highest BCUT2D eigenvalue weighted by Crippen LogP contribution is 2.55. The van der Waals surface area contributed by atoms with Crippen LogP contribution in [0.4, 0.5) is 19.9 Å². The predicted octanol–water partition coefficient (Wildman–Crippen LogP) is 13.1. The highest BCUT2D eigenvalue weighted by Gasteiger charge is 2.64. The molecule has 2 aromatic carbocycles. The van der Waals surface area contributed by atoms with E-state index in [9.17, 15) is 43.5 Å². The monoisotopic (exact) mass is 1720 g/mol. The van der Waals surface area contributed by atoms with E-state index in [1.54, 1.807) is 50.6 Å². The van der Waals surface area contributed by atoms with Gasteiger partial charge in [-0.1, -0.05) is 91.4 Å². The van der Waals surface area contributed by atoms with Gasteiger partial charge in [0, 0.05) is 72.8 Å². The predicted molar refractivity (Wildman–Crippen MR) is 450 cm³/mol. The van der Waals surface area contributed by atoms with Gasteiger partial charge >= 0.3 is 24.1 Å². The van der Waals surface area contributed by atoms with Gasteiger partial charge < -0.3 is 89.4 Å². The number of carboxylic acids is 1. The lowest BCUT2D eigenvalue weighted by Gasteiger charge is -2.35. The fraction of sp³-hybridized carbons (Fsp3) is 0.624. The molecule has 646 valence electrons. The Morgan fingerprint density at radius 2 is 0.924 bits per heavy atom. The number of amides is 6. The molecule has 0 radical (unpaired) electrons. The van der Waals surface area contributed by atoms with Crippen molar-refractivity contribution in [1.29, 1.82) is 0 Å². The number of esters is 1. The maximum absolute atomic E-state index is 14.8. The fourth-order valence-electron chi connectivity index (χ4n) is 17.2. The van der Waals surface area contributed by atoms with Crippen molar-refractivity contribution >= 4 is 126 Å². The lowest BCUT2D eigenvalue weighted by molar-refractivity contribution is -0.148. The average Bonchev–Trinajstić information content (AvgIpc) is 1.63. The maximum Gasteiger partial charge on any atom is 0.408 e. The standard InChI is InChI=1S/C43H57ClN6O9S.C42H55ClN6O9S/c1-9-25-19-43(25,39(53)56-8)49-37(51)31-17-27(20-50(31)38(52)36(42(4,5)6)48-41(54)59-26-15-23-14-24(23)16-26)58-33-18-29(30-21-60-40(47-30)45-22(2)3)46-35-28(33)10-11-32(34(35)44)57-13-12-55-7;1-8-24-18-42(24,38(52)53)48-36(50)30-16-26(19-49(30)37(51)35(41(4,5)6)47-40(54)58-25-14-22-13-23(22)15-25)57-32-17-28(29-20-59-39(46-29)44-21(2)3)45-34-27(32)9-10-31(33(34)43)56-12-11-55-7/h10-11,18,21-27,31,36H,9,12-17,19-20H2,1-8H3,(H,45,47)(H,48,54)(H,49,51);9-10,17,20-26,30,35H,8,11-16,18-19H2,1-7H3,(H,44,46)(H,47,54)(H,48,50)(H,52,53)/t23-,24+,25-,26?,27-,31+,36-,43?;22-,23+,24-,25?,26-,30+,35-,42?/m11/s1. The van der Waals surface area contributed by atoms with E-state index < -0.39 is 106 Å². The number of ether oxygens (including phenoxy) is 9. The summed E-state index contributed by atoms with van der Waals surface area (Å²) in [6, 6.07) is 6.65. The molecule has 16 atom stereocenters. The molecule has 30 nitrogen and oxygen atoms in total. The van der Waals surface area contributed by atoms with Crippen molar-refractivity contribution < 1.29 is 86.1 Å². The second-order valence-electron chi connectivity index (χ2n) is 35.6. The first-order valence-corrected chi connectivity index (χ1v) is 43.9. The van der Waals surface area contributed by atoms with E-state index in [1.807, 2.05) is 93.8 Å². The van der Waals surface area contributed by atoms with E-state index in [0.717, 1.165) is 30.8 Å². The third kappa shape index (κ3) is 19.9. The molecule has 0 bridgehead atoms. The summed E-state index contributed by atoms with van der Waals surface area (Å²) < 4.78 is 52.4. The molecule has 6 aliphatic carbocycles. The minimum atomic E-state index is -1.42. The van der Waals surface area contributed by atoms with Crippen molar-refractivity contribution in [3.05, 3.63) is 57.2 Å². The van der Waals surface area contributed by atoms with Crippen LogP contribution in [0.1, 0.15) is 160 Å².